The Kier molecular flexibility index (Phi) is 2.89. The summed E-state index contributed by atoms with van der Waals surface area (Å²) in [6.07, 6.45) is -3.11. The van der Waals surface area contributed by atoms with Crippen LogP contribution in [0.3, 0.4) is 0 Å². The van der Waals surface area contributed by atoms with Gasteiger partial charge in [0.15, 0.2) is 0 Å². The van der Waals surface area contributed by atoms with Gasteiger partial charge in [-0.3, -0.25) is 0 Å². The molecule has 0 fully saturated rings. The van der Waals surface area contributed by atoms with E-state index in [0.29, 0.717) is 5.56 Å². The van der Waals surface area contributed by atoms with Crippen LogP contribution >= 0.6 is 15.9 Å². The first-order chi connectivity index (χ1) is 6.36. The van der Waals surface area contributed by atoms with Crippen molar-refractivity contribution >= 4 is 27.7 Å². The summed E-state index contributed by atoms with van der Waals surface area (Å²) in [5, 5.41) is 0. The fourth-order valence-corrected chi connectivity index (χ4v) is 1.47. The van der Waals surface area contributed by atoms with Gasteiger partial charge >= 0.3 is 6.18 Å². The summed E-state index contributed by atoms with van der Waals surface area (Å²) < 4.78 is 37.5. The zero-order chi connectivity index (χ0) is 10.9. The topological polar surface area (TPSA) is 26.0 Å². The van der Waals surface area contributed by atoms with Crippen molar-refractivity contribution < 1.29 is 13.2 Å². The molecule has 1 aromatic carbocycles. The molecule has 0 heterocycles. The molecular weight excluding hydrogens is 259 g/mol. The van der Waals surface area contributed by atoms with Crippen molar-refractivity contribution in [3.63, 3.8) is 0 Å². The third kappa shape index (κ3) is 2.09. The maximum Gasteiger partial charge on any atom is 0.418 e. The molecule has 0 saturated heterocycles. The Morgan fingerprint density at radius 3 is 2.36 bits per heavy atom. The Hall–Kier alpha value is -0.970. The molecule has 1 nitrogen and oxygen atoms in total. The van der Waals surface area contributed by atoms with Gasteiger partial charge < -0.3 is 5.73 Å². The van der Waals surface area contributed by atoms with Gasteiger partial charge in [0, 0.05) is 4.47 Å². The van der Waals surface area contributed by atoms with E-state index in [0.717, 1.165) is 6.07 Å². The number of halogens is 4. The monoisotopic (exact) mass is 265 g/mol. The summed E-state index contributed by atoms with van der Waals surface area (Å²) in [6, 6.07) is 2.45. The van der Waals surface area contributed by atoms with Crippen molar-refractivity contribution in [1.82, 2.24) is 0 Å². The van der Waals surface area contributed by atoms with Gasteiger partial charge in [0.25, 0.3) is 0 Å². The summed E-state index contributed by atoms with van der Waals surface area (Å²) in [4.78, 5) is 0. The van der Waals surface area contributed by atoms with Crippen LogP contribution in [0.15, 0.2) is 23.2 Å². The molecule has 0 spiro atoms. The molecule has 1 rings (SSSR count). The minimum absolute atomic E-state index is 0.224. The molecule has 0 saturated carbocycles. The zero-order valence-electron chi connectivity index (χ0n) is 7.03. The lowest BCUT2D eigenvalue weighted by Crippen LogP contribution is -2.09. The first kappa shape index (κ1) is 11.1. The fourth-order valence-electron chi connectivity index (χ4n) is 0.991. The van der Waals surface area contributed by atoms with Crippen molar-refractivity contribution in [2.45, 2.75) is 6.18 Å². The minimum atomic E-state index is -4.44. The molecule has 2 N–H and O–H groups in total. The van der Waals surface area contributed by atoms with Crippen LogP contribution in [0.4, 0.5) is 18.9 Å². The van der Waals surface area contributed by atoms with Crippen molar-refractivity contribution in [3.8, 4) is 0 Å². The van der Waals surface area contributed by atoms with E-state index < -0.39 is 11.7 Å². The highest BCUT2D eigenvalue weighted by molar-refractivity contribution is 9.10. The molecule has 76 valence electrons. The molecular formula is C9H7BrF3N. The predicted octanol–water partition coefficient (Wildman–Crippen LogP) is 3.69. The first-order valence-electron chi connectivity index (χ1n) is 3.65. The number of hydrogen-bond acceptors (Lipinski definition) is 1. The molecule has 0 unspecified atom stereocenters. The standard InChI is InChI=1S/C9H7BrF3N/c1-2-5-3-6(9(11,12)13)8(14)7(10)4-5/h2-4H,1,14H2. The Balaban J connectivity index is 3.42. The highest BCUT2D eigenvalue weighted by Crippen LogP contribution is 2.37. The smallest absolute Gasteiger partial charge is 0.397 e. The van der Waals surface area contributed by atoms with Crippen LogP contribution in [0.2, 0.25) is 0 Å². The van der Waals surface area contributed by atoms with Gasteiger partial charge in [-0.25, -0.2) is 0 Å². The van der Waals surface area contributed by atoms with Crippen LogP contribution in [-0.4, -0.2) is 0 Å². The molecule has 0 aliphatic carbocycles. The van der Waals surface area contributed by atoms with Gasteiger partial charge in [-0.05, 0) is 33.6 Å². The minimum Gasteiger partial charge on any atom is -0.397 e. The van der Waals surface area contributed by atoms with E-state index in [1.165, 1.54) is 12.1 Å². The van der Waals surface area contributed by atoms with Crippen LogP contribution in [0.5, 0.6) is 0 Å². The molecule has 0 aliphatic rings. The quantitative estimate of drug-likeness (QED) is 0.770. The van der Waals surface area contributed by atoms with Crippen molar-refractivity contribution in [3.05, 3.63) is 34.3 Å². The van der Waals surface area contributed by atoms with E-state index in [4.69, 9.17) is 5.73 Å². The highest BCUT2D eigenvalue weighted by Gasteiger charge is 2.33. The first-order valence-corrected chi connectivity index (χ1v) is 4.44. The third-order valence-corrected chi connectivity index (χ3v) is 2.35. The number of hydrogen-bond donors (Lipinski definition) is 1. The molecule has 0 aromatic heterocycles. The van der Waals surface area contributed by atoms with E-state index >= 15 is 0 Å². The zero-order valence-corrected chi connectivity index (χ0v) is 8.61. The Morgan fingerprint density at radius 2 is 1.93 bits per heavy atom. The number of rotatable bonds is 1. The number of benzene rings is 1. The molecule has 1 aromatic rings. The van der Waals surface area contributed by atoms with Crippen LogP contribution < -0.4 is 5.73 Å². The lowest BCUT2D eigenvalue weighted by atomic mass is 10.1. The maximum atomic E-state index is 12.4. The fraction of sp³-hybridized carbons (Fsp3) is 0.111. The summed E-state index contributed by atoms with van der Waals surface area (Å²) in [7, 11) is 0. The highest BCUT2D eigenvalue weighted by atomic mass is 79.9. The lowest BCUT2D eigenvalue weighted by Gasteiger charge is -2.12. The van der Waals surface area contributed by atoms with E-state index in [2.05, 4.69) is 22.5 Å². The van der Waals surface area contributed by atoms with E-state index in [9.17, 15) is 13.2 Å². The average molecular weight is 266 g/mol. The number of nitrogen functional groups attached to an aromatic ring is 1. The van der Waals surface area contributed by atoms with Crippen LogP contribution in [0.25, 0.3) is 6.08 Å². The van der Waals surface area contributed by atoms with Crippen LogP contribution in [0.1, 0.15) is 11.1 Å². The summed E-state index contributed by atoms with van der Waals surface area (Å²) >= 11 is 2.96. The second-order valence-electron chi connectivity index (χ2n) is 2.67. The van der Waals surface area contributed by atoms with Gasteiger partial charge in [0.1, 0.15) is 0 Å². The van der Waals surface area contributed by atoms with Gasteiger partial charge in [-0.1, -0.05) is 12.7 Å². The van der Waals surface area contributed by atoms with Crippen molar-refractivity contribution in [2.75, 3.05) is 5.73 Å². The Labute approximate surface area is 87.5 Å². The maximum absolute atomic E-state index is 12.4. The van der Waals surface area contributed by atoms with Gasteiger partial charge in [-0.15, -0.1) is 0 Å². The largest absolute Gasteiger partial charge is 0.418 e. The molecule has 14 heavy (non-hydrogen) atoms. The molecule has 0 aliphatic heterocycles. The SMILES string of the molecule is C=Cc1cc(Br)c(N)c(C(F)(F)F)c1. The third-order valence-electron chi connectivity index (χ3n) is 1.69. The lowest BCUT2D eigenvalue weighted by molar-refractivity contribution is -0.136. The Morgan fingerprint density at radius 1 is 1.36 bits per heavy atom. The number of alkyl halides is 3. The summed E-state index contributed by atoms with van der Waals surface area (Å²) in [6.45, 7) is 3.40. The van der Waals surface area contributed by atoms with Gasteiger partial charge in [0.2, 0.25) is 0 Å². The van der Waals surface area contributed by atoms with Crippen LogP contribution in [0, 0.1) is 0 Å². The Bertz CT molecular complexity index is 371. The molecule has 5 heteroatoms. The van der Waals surface area contributed by atoms with E-state index in [1.54, 1.807) is 0 Å². The van der Waals surface area contributed by atoms with E-state index in [-0.39, 0.29) is 10.2 Å². The van der Waals surface area contributed by atoms with Crippen molar-refractivity contribution in [1.29, 1.82) is 0 Å². The second-order valence-corrected chi connectivity index (χ2v) is 3.52. The number of nitrogens with two attached hydrogens (primary N) is 1. The van der Waals surface area contributed by atoms with Crippen LogP contribution in [-0.2, 0) is 6.18 Å². The second kappa shape index (κ2) is 3.65. The van der Waals surface area contributed by atoms with Crippen molar-refractivity contribution in [2.24, 2.45) is 0 Å². The normalized spacial score (nSPS) is 11.4. The van der Waals surface area contributed by atoms with Gasteiger partial charge in [-0.2, -0.15) is 13.2 Å². The summed E-state index contributed by atoms with van der Waals surface area (Å²) in [5.41, 5.74) is 4.52. The number of anilines is 1. The average Bonchev–Trinajstić information content (AvgIpc) is 2.07. The molecule has 0 bridgehead atoms. The summed E-state index contributed by atoms with van der Waals surface area (Å²) in [5.74, 6) is 0. The van der Waals surface area contributed by atoms with Gasteiger partial charge in [0.05, 0.1) is 11.3 Å². The van der Waals surface area contributed by atoms with E-state index in [1.807, 2.05) is 0 Å². The molecule has 0 atom stereocenters. The molecule has 0 amide bonds. The molecule has 0 radical (unpaired) electrons. The predicted molar refractivity (Wildman–Crippen MR) is 53.6 cm³/mol.